The highest BCUT2D eigenvalue weighted by atomic mass is 19.1. The number of carbonyl (C=O) groups excluding carboxylic acids is 1. The van der Waals surface area contributed by atoms with Crippen molar-refractivity contribution in [3.63, 3.8) is 0 Å². The van der Waals surface area contributed by atoms with Crippen LogP contribution in [0.5, 0.6) is 0 Å². The van der Waals surface area contributed by atoms with Gasteiger partial charge in [0, 0.05) is 17.8 Å². The maximum absolute atomic E-state index is 12.8. The number of hydrogen-bond donors (Lipinski definition) is 4. The van der Waals surface area contributed by atoms with Crippen LogP contribution in [0.25, 0.3) is 0 Å². The van der Waals surface area contributed by atoms with E-state index in [1.54, 1.807) is 0 Å². The summed E-state index contributed by atoms with van der Waals surface area (Å²) < 4.78 is 12.8. The van der Waals surface area contributed by atoms with Gasteiger partial charge in [0.05, 0.1) is 19.8 Å². The van der Waals surface area contributed by atoms with Crippen LogP contribution in [0, 0.1) is 5.95 Å². The average molecular weight is 244 g/mol. The maximum Gasteiger partial charge on any atom is 0.252 e. The van der Waals surface area contributed by atoms with Crippen molar-refractivity contribution in [3.8, 4) is 0 Å². The third-order valence-electron chi connectivity index (χ3n) is 2.28. The summed E-state index contributed by atoms with van der Waals surface area (Å²) in [5, 5.41) is 29.3. The van der Waals surface area contributed by atoms with Crippen molar-refractivity contribution in [3.05, 3.63) is 29.8 Å². The number of aliphatic hydroxyl groups is 3. The van der Waals surface area contributed by atoms with Crippen LogP contribution in [0.4, 0.5) is 4.39 Å². The molecule has 0 radical (unpaired) electrons. The number of rotatable bonds is 5. The molecule has 0 bridgehead atoms. The number of aromatic nitrogens is 1. The first-order chi connectivity index (χ1) is 8.06. The normalized spacial score (nSPS) is 11.3. The molecule has 0 aliphatic rings. The first kappa shape index (κ1) is 13.5. The van der Waals surface area contributed by atoms with Crippen molar-refractivity contribution in [2.75, 3.05) is 19.8 Å². The fourth-order valence-electron chi connectivity index (χ4n) is 1.13. The minimum absolute atomic E-state index is 0.0165. The smallest absolute Gasteiger partial charge is 0.252 e. The second-order valence-electron chi connectivity index (χ2n) is 3.58. The van der Waals surface area contributed by atoms with Crippen LogP contribution in [0.3, 0.4) is 0 Å². The summed E-state index contributed by atoms with van der Waals surface area (Å²) in [6, 6.07) is 2.18. The zero-order valence-electron chi connectivity index (χ0n) is 8.93. The lowest BCUT2D eigenvalue weighted by Gasteiger charge is -2.28. The largest absolute Gasteiger partial charge is 0.394 e. The van der Waals surface area contributed by atoms with E-state index in [9.17, 15) is 9.18 Å². The van der Waals surface area contributed by atoms with Gasteiger partial charge in [-0.25, -0.2) is 4.98 Å². The Labute approximate surface area is 96.7 Å². The van der Waals surface area contributed by atoms with Crippen molar-refractivity contribution in [1.29, 1.82) is 0 Å². The van der Waals surface area contributed by atoms with Gasteiger partial charge >= 0.3 is 0 Å². The first-order valence-corrected chi connectivity index (χ1v) is 4.83. The third kappa shape index (κ3) is 3.19. The molecule has 17 heavy (non-hydrogen) atoms. The highest BCUT2D eigenvalue weighted by Crippen LogP contribution is 2.06. The number of aliphatic hydroxyl groups excluding tert-OH is 3. The Morgan fingerprint density at radius 2 is 1.94 bits per heavy atom. The molecule has 0 unspecified atom stereocenters. The molecule has 1 amide bonds. The summed E-state index contributed by atoms with van der Waals surface area (Å²) in [6.45, 7) is -1.92. The number of nitrogens with one attached hydrogen (secondary N) is 1. The van der Waals surface area contributed by atoms with Gasteiger partial charge in [-0.15, -0.1) is 0 Å². The Morgan fingerprint density at radius 1 is 1.35 bits per heavy atom. The van der Waals surface area contributed by atoms with Crippen LogP contribution in [-0.2, 0) is 0 Å². The van der Waals surface area contributed by atoms with Gasteiger partial charge < -0.3 is 20.6 Å². The number of nitrogens with zero attached hydrogens (tertiary/aromatic N) is 1. The van der Waals surface area contributed by atoms with Crippen LogP contribution in [-0.4, -0.2) is 51.6 Å². The van der Waals surface area contributed by atoms with Crippen LogP contribution < -0.4 is 5.32 Å². The maximum atomic E-state index is 12.8. The van der Waals surface area contributed by atoms with E-state index >= 15 is 0 Å². The molecule has 0 aliphatic heterocycles. The molecule has 94 valence electrons. The molecule has 4 N–H and O–H groups in total. The van der Waals surface area contributed by atoms with Gasteiger partial charge in [0.25, 0.3) is 5.91 Å². The number of amides is 1. The van der Waals surface area contributed by atoms with Gasteiger partial charge in [0.1, 0.15) is 5.54 Å². The van der Waals surface area contributed by atoms with Gasteiger partial charge in [-0.2, -0.15) is 4.39 Å². The molecular formula is C10H13FN2O4. The van der Waals surface area contributed by atoms with Crippen molar-refractivity contribution in [2.24, 2.45) is 0 Å². The second-order valence-corrected chi connectivity index (χ2v) is 3.58. The predicted molar refractivity (Wildman–Crippen MR) is 55.6 cm³/mol. The van der Waals surface area contributed by atoms with Crippen molar-refractivity contribution in [2.45, 2.75) is 5.54 Å². The molecule has 1 aromatic heterocycles. The highest BCUT2D eigenvalue weighted by molar-refractivity contribution is 5.94. The molecule has 6 nitrogen and oxygen atoms in total. The fourth-order valence-corrected chi connectivity index (χ4v) is 1.13. The van der Waals surface area contributed by atoms with Gasteiger partial charge in [-0.1, -0.05) is 0 Å². The van der Waals surface area contributed by atoms with E-state index < -0.39 is 37.2 Å². The molecule has 1 heterocycles. The lowest BCUT2D eigenvalue weighted by atomic mass is 10.0. The summed E-state index contributed by atoms with van der Waals surface area (Å²) in [5.74, 6) is -1.54. The lowest BCUT2D eigenvalue weighted by molar-refractivity contribution is 0.0375. The summed E-state index contributed by atoms with van der Waals surface area (Å²) >= 11 is 0. The Hall–Kier alpha value is -1.57. The van der Waals surface area contributed by atoms with Crippen LogP contribution in [0.1, 0.15) is 10.4 Å². The zero-order chi connectivity index (χ0) is 12.9. The molecule has 0 spiro atoms. The molecule has 0 fully saturated rings. The van der Waals surface area contributed by atoms with Gasteiger partial charge in [0.2, 0.25) is 5.95 Å². The lowest BCUT2D eigenvalue weighted by Crippen LogP contribution is -2.57. The van der Waals surface area contributed by atoms with Crippen molar-refractivity contribution in [1.82, 2.24) is 10.3 Å². The molecule has 0 aliphatic carbocycles. The topological polar surface area (TPSA) is 103 Å². The fraction of sp³-hybridized carbons (Fsp3) is 0.400. The first-order valence-electron chi connectivity index (χ1n) is 4.83. The van der Waals surface area contributed by atoms with Crippen molar-refractivity contribution >= 4 is 5.91 Å². The van der Waals surface area contributed by atoms with E-state index in [0.717, 1.165) is 12.3 Å². The molecule has 1 rings (SSSR count). The van der Waals surface area contributed by atoms with E-state index in [1.807, 2.05) is 0 Å². The van der Waals surface area contributed by atoms with Crippen LogP contribution in [0.15, 0.2) is 18.3 Å². The van der Waals surface area contributed by atoms with E-state index in [2.05, 4.69) is 10.3 Å². The number of halogens is 1. The molecule has 7 heteroatoms. The van der Waals surface area contributed by atoms with E-state index in [-0.39, 0.29) is 5.56 Å². The Bertz CT molecular complexity index is 387. The Morgan fingerprint density at radius 3 is 2.41 bits per heavy atom. The van der Waals surface area contributed by atoms with E-state index in [1.165, 1.54) is 6.07 Å². The van der Waals surface area contributed by atoms with Crippen LogP contribution in [0.2, 0.25) is 0 Å². The standard InChI is InChI=1S/C10H13FN2O4/c11-8-3-7(1-2-12-8)9(17)13-10(4-14,5-15)6-16/h1-3,14-16H,4-6H2,(H,13,17). The van der Waals surface area contributed by atoms with E-state index in [0.29, 0.717) is 0 Å². The van der Waals surface area contributed by atoms with E-state index in [4.69, 9.17) is 15.3 Å². The Balaban J connectivity index is 2.84. The summed E-state index contributed by atoms with van der Waals surface area (Å²) in [5.41, 5.74) is -1.55. The monoisotopic (exact) mass is 244 g/mol. The number of carbonyl (C=O) groups is 1. The summed E-state index contributed by atoms with van der Waals surface area (Å²) in [7, 11) is 0. The van der Waals surface area contributed by atoms with Crippen LogP contribution >= 0.6 is 0 Å². The van der Waals surface area contributed by atoms with Gasteiger partial charge in [-0.3, -0.25) is 4.79 Å². The third-order valence-corrected chi connectivity index (χ3v) is 2.28. The second kappa shape index (κ2) is 5.67. The average Bonchev–Trinajstić information content (AvgIpc) is 2.36. The predicted octanol–water partition coefficient (Wildman–Crippen LogP) is -1.33. The summed E-state index contributed by atoms with van der Waals surface area (Å²) in [6.07, 6.45) is 1.11. The minimum Gasteiger partial charge on any atom is -0.394 e. The quantitative estimate of drug-likeness (QED) is 0.480. The number of pyridine rings is 1. The molecular weight excluding hydrogens is 231 g/mol. The molecule has 0 saturated heterocycles. The zero-order valence-corrected chi connectivity index (χ0v) is 8.93. The SMILES string of the molecule is O=C(NC(CO)(CO)CO)c1ccnc(F)c1. The molecule has 1 aromatic rings. The van der Waals surface area contributed by atoms with Crippen molar-refractivity contribution < 1.29 is 24.5 Å². The summed E-state index contributed by atoms with van der Waals surface area (Å²) in [4.78, 5) is 14.9. The molecule has 0 atom stereocenters. The van der Waals surface area contributed by atoms with Gasteiger partial charge in [0.15, 0.2) is 0 Å². The highest BCUT2D eigenvalue weighted by Gasteiger charge is 2.30. The number of hydrogen-bond acceptors (Lipinski definition) is 5. The molecule has 0 aromatic carbocycles. The Kier molecular flexibility index (Phi) is 4.50. The van der Waals surface area contributed by atoms with Gasteiger partial charge in [-0.05, 0) is 6.07 Å². The molecule has 0 saturated carbocycles. The minimum atomic E-state index is -1.53.